The molecule has 0 N–H and O–H groups in total. The van der Waals surface area contributed by atoms with Crippen LogP contribution in [0.1, 0.15) is 45.3 Å². The second kappa shape index (κ2) is 3.74. The molecular weight excluding hydrogens is 212 g/mol. The summed E-state index contributed by atoms with van der Waals surface area (Å²) < 4.78 is 12.3. The number of hydrogen-bond acceptors (Lipinski definition) is 2. The van der Waals surface area contributed by atoms with Gasteiger partial charge in [-0.2, -0.15) is 0 Å². The van der Waals surface area contributed by atoms with Crippen molar-refractivity contribution in [3.05, 3.63) is 29.8 Å². The van der Waals surface area contributed by atoms with Gasteiger partial charge in [-0.1, -0.05) is 18.2 Å². The third kappa shape index (κ3) is 1.75. The highest BCUT2D eigenvalue weighted by Gasteiger charge is 2.46. The molecule has 0 radical (unpaired) electrons. The molecule has 0 bridgehead atoms. The minimum atomic E-state index is -0.126. The minimum Gasteiger partial charge on any atom is -0.487 e. The largest absolute Gasteiger partial charge is 0.487 e. The number of benzene rings is 1. The average molecular weight is 232 g/mol. The third-order valence-electron chi connectivity index (χ3n) is 4.12. The molecule has 0 aromatic heterocycles. The average Bonchev–Trinajstić information content (AvgIpc) is 2.28. The second-order valence-electron chi connectivity index (χ2n) is 5.79. The molecule has 1 aromatic carbocycles. The van der Waals surface area contributed by atoms with Gasteiger partial charge in [0, 0.05) is 11.5 Å². The zero-order valence-corrected chi connectivity index (χ0v) is 10.8. The highest BCUT2D eigenvalue weighted by atomic mass is 16.5. The van der Waals surface area contributed by atoms with Crippen molar-refractivity contribution in [1.29, 1.82) is 0 Å². The predicted molar refractivity (Wildman–Crippen MR) is 67.2 cm³/mol. The van der Waals surface area contributed by atoms with Gasteiger partial charge in [0.05, 0.1) is 12.2 Å². The van der Waals surface area contributed by atoms with Gasteiger partial charge in [0.2, 0.25) is 0 Å². The zero-order valence-electron chi connectivity index (χ0n) is 10.8. The molecule has 2 aliphatic heterocycles. The second-order valence-corrected chi connectivity index (χ2v) is 5.79. The number of hydrogen-bond donors (Lipinski definition) is 0. The van der Waals surface area contributed by atoms with Crippen LogP contribution in [0, 0.1) is 5.92 Å². The van der Waals surface area contributed by atoms with E-state index in [1.165, 1.54) is 12.0 Å². The summed E-state index contributed by atoms with van der Waals surface area (Å²) in [6.45, 7) is 6.53. The van der Waals surface area contributed by atoms with Gasteiger partial charge in [0.15, 0.2) is 0 Å². The number of rotatable bonds is 0. The van der Waals surface area contributed by atoms with Gasteiger partial charge in [-0.05, 0) is 39.7 Å². The summed E-state index contributed by atoms with van der Waals surface area (Å²) in [5.41, 5.74) is 1.10. The molecule has 0 amide bonds. The van der Waals surface area contributed by atoms with Crippen molar-refractivity contribution >= 4 is 0 Å². The van der Waals surface area contributed by atoms with Gasteiger partial charge >= 0.3 is 0 Å². The Labute approximate surface area is 103 Å². The van der Waals surface area contributed by atoms with Crippen LogP contribution in [-0.2, 0) is 4.74 Å². The Morgan fingerprint density at radius 1 is 1.18 bits per heavy atom. The van der Waals surface area contributed by atoms with Crippen LogP contribution in [0.25, 0.3) is 0 Å². The maximum atomic E-state index is 6.17. The van der Waals surface area contributed by atoms with Gasteiger partial charge in [-0.3, -0.25) is 0 Å². The van der Waals surface area contributed by atoms with E-state index in [9.17, 15) is 0 Å². The molecule has 0 spiro atoms. The molecule has 2 aliphatic rings. The molecule has 1 fully saturated rings. The first kappa shape index (κ1) is 11.1. The standard InChI is InChI=1S/C15H20O2/c1-10-8-9-12-14(16-10)11-6-4-5-7-13(11)17-15(12,2)3/h4-7,10,12,14H,8-9H2,1-3H3/t10-,12+,14-/m0/s1. The van der Waals surface area contributed by atoms with Gasteiger partial charge in [0.25, 0.3) is 0 Å². The van der Waals surface area contributed by atoms with Crippen LogP contribution < -0.4 is 4.74 Å². The maximum absolute atomic E-state index is 6.17. The highest BCUT2D eigenvalue weighted by molar-refractivity contribution is 5.39. The smallest absolute Gasteiger partial charge is 0.125 e. The van der Waals surface area contributed by atoms with E-state index in [1.54, 1.807) is 0 Å². The van der Waals surface area contributed by atoms with Crippen molar-refractivity contribution in [2.24, 2.45) is 5.92 Å². The van der Waals surface area contributed by atoms with Crippen LogP contribution in [0.3, 0.4) is 0 Å². The van der Waals surface area contributed by atoms with Crippen LogP contribution >= 0.6 is 0 Å². The van der Waals surface area contributed by atoms with E-state index in [4.69, 9.17) is 9.47 Å². The van der Waals surface area contributed by atoms with E-state index in [-0.39, 0.29) is 11.7 Å². The molecule has 3 rings (SSSR count). The molecular formula is C15H20O2. The van der Waals surface area contributed by atoms with Crippen LogP contribution in [0.2, 0.25) is 0 Å². The van der Waals surface area contributed by atoms with Crippen molar-refractivity contribution in [3.63, 3.8) is 0 Å². The first-order valence-corrected chi connectivity index (χ1v) is 6.51. The van der Waals surface area contributed by atoms with E-state index in [2.05, 4.69) is 39.0 Å². The number of ether oxygens (including phenoxy) is 2. The lowest BCUT2D eigenvalue weighted by Crippen LogP contribution is -2.48. The molecule has 1 aromatic rings. The molecule has 17 heavy (non-hydrogen) atoms. The van der Waals surface area contributed by atoms with Crippen molar-refractivity contribution in [1.82, 2.24) is 0 Å². The Kier molecular flexibility index (Phi) is 2.44. The fourth-order valence-electron chi connectivity index (χ4n) is 3.15. The van der Waals surface area contributed by atoms with E-state index < -0.39 is 0 Å². The van der Waals surface area contributed by atoms with E-state index in [0.717, 1.165) is 12.2 Å². The Balaban J connectivity index is 2.05. The summed E-state index contributed by atoms with van der Waals surface area (Å²) in [7, 11) is 0. The fourth-order valence-corrected chi connectivity index (χ4v) is 3.15. The first-order valence-electron chi connectivity index (χ1n) is 6.51. The topological polar surface area (TPSA) is 18.5 Å². The summed E-state index contributed by atoms with van der Waals surface area (Å²) in [5, 5.41) is 0. The SMILES string of the molecule is C[C@H]1CC[C@@H]2[C@@H](O1)c1ccccc1OC2(C)C. The molecule has 3 atom stereocenters. The molecule has 2 nitrogen and oxygen atoms in total. The van der Waals surface area contributed by atoms with Crippen molar-refractivity contribution < 1.29 is 9.47 Å². The van der Waals surface area contributed by atoms with Gasteiger partial charge in [-0.25, -0.2) is 0 Å². The summed E-state index contributed by atoms with van der Waals surface area (Å²) in [6.07, 6.45) is 2.89. The van der Waals surface area contributed by atoms with Gasteiger partial charge in [-0.15, -0.1) is 0 Å². The summed E-state index contributed by atoms with van der Waals surface area (Å²) in [4.78, 5) is 0. The Bertz CT molecular complexity index is 425. The lowest BCUT2D eigenvalue weighted by Gasteiger charge is -2.48. The predicted octanol–water partition coefficient (Wildman–Crippen LogP) is 3.71. The summed E-state index contributed by atoms with van der Waals surface area (Å²) >= 11 is 0. The Morgan fingerprint density at radius 3 is 2.76 bits per heavy atom. The molecule has 92 valence electrons. The minimum absolute atomic E-state index is 0.126. The van der Waals surface area contributed by atoms with Crippen LogP contribution in [0.5, 0.6) is 5.75 Å². The Hall–Kier alpha value is -1.02. The quantitative estimate of drug-likeness (QED) is 0.679. The lowest BCUT2D eigenvalue weighted by molar-refractivity contribution is -0.144. The normalized spacial score (nSPS) is 34.4. The van der Waals surface area contributed by atoms with Crippen molar-refractivity contribution in [3.8, 4) is 5.75 Å². The van der Waals surface area contributed by atoms with Gasteiger partial charge < -0.3 is 9.47 Å². The lowest BCUT2D eigenvalue weighted by atomic mass is 9.75. The fraction of sp³-hybridized carbons (Fsp3) is 0.600. The van der Waals surface area contributed by atoms with Gasteiger partial charge in [0.1, 0.15) is 11.4 Å². The number of para-hydroxylation sites is 1. The van der Waals surface area contributed by atoms with Crippen molar-refractivity contribution in [2.45, 2.75) is 51.4 Å². The van der Waals surface area contributed by atoms with Crippen LogP contribution in [0.15, 0.2) is 24.3 Å². The molecule has 1 saturated heterocycles. The Morgan fingerprint density at radius 2 is 1.94 bits per heavy atom. The molecule has 0 saturated carbocycles. The molecule has 0 aliphatic carbocycles. The maximum Gasteiger partial charge on any atom is 0.125 e. The monoisotopic (exact) mass is 232 g/mol. The highest BCUT2D eigenvalue weighted by Crippen LogP contribution is 2.50. The molecule has 2 heterocycles. The first-order chi connectivity index (χ1) is 8.08. The van der Waals surface area contributed by atoms with Crippen molar-refractivity contribution in [2.75, 3.05) is 0 Å². The molecule has 0 unspecified atom stereocenters. The van der Waals surface area contributed by atoms with E-state index >= 15 is 0 Å². The van der Waals surface area contributed by atoms with E-state index in [0.29, 0.717) is 12.0 Å². The number of fused-ring (bicyclic) bond motifs is 3. The van der Waals surface area contributed by atoms with Crippen LogP contribution in [0.4, 0.5) is 0 Å². The van der Waals surface area contributed by atoms with E-state index in [1.807, 2.05) is 6.07 Å². The third-order valence-corrected chi connectivity index (χ3v) is 4.12. The van der Waals surface area contributed by atoms with Crippen LogP contribution in [-0.4, -0.2) is 11.7 Å². The zero-order chi connectivity index (χ0) is 12.0. The summed E-state index contributed by atoms with van der Waals surface area (Å²) in [5.74, 6) is 1.46. The summed E-state index contributed by atoms with van der Waals surface area (Å²) in [6, 6.07) is 8.29. The molecule has 2 heteroatoms.